The number of rotatable bonds is 5. The van der Waals surface area contributed by atoms with Gasteiger partial charge >= 0.3 is 11.7 Å². The quantitative estimate of drug-likeness (QED) is 0.623. The van der Waals surface area contributed by atoms with E-state index >= 15 is 0 Å². The van der Waals surface area contributed by atoms with Gasteiger partial charge in [0.1, 0.15) is 5.56 Å². The van der Waals surface area contributed by atoms with Crippen LogP contribution in [-0.2, 0) is 11.3 Å². The monoisotopic (exact) mass is 413 g/mol. The molecule has 0 spiro atoms. The first-order valence-corrected chi connectivity index (χ1v) is 8.84. The van der Waals surface area contributed by atoms with Gasteiger partial charge < -0.3 is 15.0 Å². The summed E-state index contributed by atoms with van der Waals surface area (Å²) in [5.41, 5.74) is -0.911. The number of carbonyl (C=O) groups is 2. The molecule has 1 amide bonds. The van der Waals surface area contributed by atoms with E-state index in [2.05, 4.69) is 15.0 Å². The van der Waals surface area contributed by atoms with Crippen molar-refractivity contribution in [3.63, 3.8) is 0 Å². The van der Waals surface area contributed by atoms with Crippen molar-refractivity contribution in [2.75, 3.05) is 12.4 Å². The van der Waals surface area contributed by atoms with Crippen LogP contribution in [-0.4, -0.2) is 28.5 Å². The molecule has 0 aliphatic carbocycles. The molecule has 0 atom stereocenters. The number of methoxy groups -OCH3 is 1. The maximum Gasteiger partial charge on any atom is 0.339 e. The summed E-state index contributed by atoms with van der Waals surface area (Å²) in [4.78, 5) is 51.8. The Morgan fingerprint density at radius 2 is 1.76 bits per heavy atom. The standard InChI is InChI=1S/C20H16ClN3O5/c1-29-19(27)13-7-3-5-9-16(13)23-17(25)14-10-22-20(28)24(18(14)26)11-12-6-2-4-8-15(12)21/h2-10H,11H2,1H3,(H,22,28)(H,23,25). The normalized spacial score (nSPS) is 10.4. The lowest BCUT2D eigenvalue weighted by Crippen LogP contribution is -2.39. The van der Waals surface area contributed by atoms with Gasteiger partial charge in [-0.15, -0.1) is 0 Å². The Kier molecular flexibility index (Phi) is 5.94. The molecule has 2 N–H and O–H groups in total. The SMILES string of the molecule is COC(=O)c1ccccc1NC(=O)c1c[nH]c(=O)n(Cc2ccccc2Cl)c1=O. The van der Waals surface area contributed by atoms with Crippen LogP contribution in [0.5, 0.6) is 0 Å². The molecular weight excluding hydrogens is 398 g/mol. The van der Waals surface area contributed by atoms with Gasteiger partial charge in [0.15, 0.2) is 0 Å². The van der Waals surface area contributed by atoms with Crippen molar-refractivity contribution in [2.24, 2.45) is 0 Å². The Morgan fingerprint density at radius 3 is 2.48 bits per heavy atom. The number of amides is 1. The zero-order valence-electron chi connectivity index (χ0n) is 15.3. The van der Waals surface area contributed by atoms with Gasteiger partial charge in [-0.05, 0) is 23.8 Å². The summed E-state index contributed by atoms with van der Waals surface area (Å²) in [5, 5.41) is 2.89. The van der Waals surface area contributed by atoms with Crippen molar-refractivity contribution in [1.82, 2.24) is 9.55 Å². The van der Waals surface area contributed by atoms with E-state index in [-0.39, 0.29) is 23.4 Å². The first kappa shape index (κ1) is 20.1. The highest BCUT2D eigenvalue weighted by molar-refractivity contribution is 6.31. The molecule has 0 aliphatic heterocycles. The second kappa shape index (κ2) is 8.57. The number of benzene rings is 2. The van der Waals surface area contributed by atoms with Crippen molar-refractivity contribution >= 4 is 29.2 Å². The highest BCUT2D eigenvalue weighted by Gasteiger charge is 2.18. The molecule has 0 radical (unpaired) electrons. The molecule has 0 fully saturated rings. The maximum absolute atomic E-state index is 12.8. The van der Waals surface area contributed by atoms with E-state index < -0.39 is 23.1 Å². The molecule has 0 saturated carbocycles. The molecule has 9 heteroatoms. The second-order valence-corrected chi connectivity index (χ2v) is 6.39. The number of aromatic amines is 1. The van der Waals surface area contributed by atoms with Gasteiger partial charge in [0, 0.05) is 11.2 Å². The van der Waals surface area contributed by atoms with Crippen LogP contribution in [0.4, 0.5) is 5.69 Å². The first-order chi connectivity index (χ1) is 13.9. The van der Waals surface area contributed by atoms with E-state index in [0.717, 1.165) is 10.8 Å². The summed E-state index contributed by atoms with van der Waals surface area (Å²) in [7, 11) is 1.22. The first-order valence-electron chi connectivity index (χ1n) is 8.47. The third-order valence-corrected chi connectivity index (χ3v) is 4.54. The van der Waals surface area contributed by atoms with E-state index in [0.29, 0.717) is 10.6 Å². The van der Waals surface area contributed by atoms with Crippen LogP contribution >= 0.6 is 11.6 Å². The summed E-state index contributed by atoms with van der Waals surface area (Å²) >= 11 is 6.10. The molecule has 0 aliphatic rings. The van der Waals surface area contributed by atoms with Crippen molar-refractivity contribution < 1.29 is 14.3 Å². The number of hydrogen-bond acceptors (Lipinski definition) is 5. The lowest BCUT2D eigenvalue weighted by Gasteiger charge is -2.11. The number of nitrogens with zero attached hydrogens (tertiary/aromatic N) is 1. The van der Waals surface area contributed by atoms with Crippen molar-refractivity contribution in [1.29, 1.82) is 0 Å². The number of halogens is 1. The molecular formula is C20H16ClN3O5. The van der Waals surface area contributed by atoms with Crippen molar-refractivity contribution in [2.45, 2.75) is 6.54 Å². The summed E-state index contributed by atoms with van der Waals surface area (Å²) in [6.45, 7) is -0.103. The average Bonchev–Trinajstić information content (AvgIpc) is 2.72. The van der Waals surface area contributed by atoms with Gasteiger partial charge in [-0.2, -0.15) is 0 Å². The van der Waals surface area contributed by atoms with Crippen LogP contribution in [0.2, 0.25) is 5.02 Å². The Morgan fingerprint density at radius 1 is 1.07 bits per heavy atom. The van der Waals surface area contributed by atoms with Crippen LogP contribution in [0.3, 0.4) is 0 Å². The van der Waals surface area contributed by atoms with Gasteiger partial charge in [-0.3, -0.25) is 14.2 Å². The number of hydrogen-bond donors (Lipinski definition) is 2. The van der Waals surface area contributed by atoms with E-state index in [4.69, 9.17) is 11.6 Å². The zero-order valence-corrected chi connectivity index (χ0v) is 16.0. The van der Waals surface area contributed by atoms with Crippen LogP contribution in [0.1, 0.15) is 26.3 Å². The summed E-state index contributed by atoms with van der Waals surface area (Å²) < 4.78 is 5.56. The Bertz CT molecular complexity index is 1200. The molecule has 3 rings (SSSR count). The molecule has 0 unspecified atom stereocenters. The number of nitrogens with one attached hydrogen (secondary N) is 2. The van der Waals surface area contributed by atoms with Gasteiger partial charge in [0.05, 0.1) is 24.9 Å². The molecule has 1 heterocycles. The molecule has 0 bridgehead atoms. The average molecular weight is 414 g/mol. The Labute approximate surface area is 169 Å². The lowest BCUT2D eigenvalue weighted by molar-refractivity contribution is 0.0602. The number of ether oxygens (including phenoxy) is 1. The van der Waals surface area contributed by atoms with E-state index in [1.165, 1.54) is 19.2 Å². The molecule has 2 aromatic carbocycles. The van der Waals surface area contributed by atoms with Crippen molar-refractivity contribution in [3.05, 3.63) is 97.3 Å². The largest absolute Gasteiger partial charge is 0.465 e. The summed E-state index contributed by atoms with van der Waals surface area (Å²) in [5.74, 6) is -1.42. The van der Waals surface area contributed by atoms with Gasteiger partial charge in [-0.1, -0.05) is 41.9 Å². The third-order valence-electron chi connectivity index (χ3n) is 4.17. The van der Waals surface area contributed by atoms with E-state index in [1.54, 1.807) is 36.4 Å². The number of esters is 1. The number of carbonyl (C=O) groups excluding carboxylic acids is 2. The number of anilines is 1. The molecule has 0 saturated heterocycles. The predicted molar refractivity (Wildman–Crippen MR) is 108 cm³/mol. The molecule has 148 valence electrons. The second-order valence-electron chi connectivity index (χ2n) is 5.98. The Balaban J connectivity index is 1.96. The molecule has 3 aromatic rings. The van der Waals surface area contributed by atoms with Gasteiger partial charge in [0.2, 0.25) is 0 Å². The molecule has 1 aromatic heterocycles. The van der Waals surface area contributed by atoms with Crippen LogP contribution in [0.15, 0.2) is 64.3 Å². The fourth-order valence-electron chi connectivity index (χ4n) is 2.68. The number of H-pyrrole nitrogens is 1. The third kappa shape index (κ3) is 4.27. The van der Waals surface area contributed by atoms with E-state index in [1.807, 2.05) is 0 Å². The topological polar surface area (TPSA) is 110 Å². The lowest BCUT2D eigenvalue weighted by atomic mass is 10.1. The van der Waals surface area contributed by atoms with Gasteiger partial charge in [0.25, 0.3) is 11.5 Å². The smallest absolute Gasteiger partial charge is 0.339 e. The Hall–Kier alpha value is -3.65. The highest BCUT2D eigenvalue weighted by Crippen LogP contribution is 2.17. The zero-order chi connectivity index (χ0) is 21.0. The number of para-hydroxylation sites is 1. The molecule has 29 heavy (non-hydrogen) atoms. The molecule has 8 nitrogen and oxygen atoms in total. The van der Waals surface area contributed by atoms with Crippen LogP contribution in [0.25, 0.3) is 0 Å². The predicted octanol–water partition coefficient (Wildman–Crippen LogP) is 2.28. The van der Waals surface area contributed by atoms with Crippen LogP contribution < -0.4 is 16.6 Å². The minimum Gasteiger partial charge on any atom is -0.465 e. The highest BCUT2D eigenvalue weighted by atomic mass is 35.5. The fraction of sp³-hybridized carbons (Fsp3) is 0.100. The van der Waals surface area contributed by atoms with Crippen molar-refractivity contribution in [3.8, 4) is 0 Å². The van der Waals surface area contributed by atoms with E-state index in [9.17, 15) is 19.2 Å². The minimum atomic E-state index is -0.790. The summed E-state index contributed by atoms with van der Waals surface area (Å²) in [6.07, 6.45) is 1.03. The number of aromatic nitrogens is 2. The summed E-state index contributed by atoms with van der Waals surface area (Å²) in [6, 6.07) is 13.0. The van der Waals surface area contributed by atoms with Gasteiger partial charge in [-0.25, -0.2) is 9.59 Å². The fourth-order valence-corrected chi connectivity index (χ4v) is 2.88. The minimum absolute atomic E-state index is 0.103. The van der Waals surface area contributed by atoms with Crippen LogP contribution in [0, 0.1) is 0 Å². The maximum atomic E-state index is 12.8.